The van der Waals surface area contributed by atoms with E-state index in [1.807, 2.05) is 0 Å². The number of rotatable bonds is 7. The fourth-order valence-corrected chi connectivity index (χ4v) is 3.02. The van der Waals surface area contributed by atoms with Crippen LogP contribution in [0.15, 0.2) is 22.7 Å². The van der Waals surface area contributed by atoms with Crippen molar-refractivity contribution in [2.24, 2.45) is 7.05 Å². The van der Waals surface area contributed by atoms with E-state index in [4.69, 9.17) is 16.0 Å². The van der Waals surface area contributed by atoms with Crippen LogP contribution in [0.2, 0.25) is 5.02 Å². The summed E-state index contributed by atoms with van der Waals surface area (Å²) in [4.78, 5) is 24.3. The highest BCUT2D eigenvalue weighted by Crippen LogP contribution is 2.35. The number of carbonyl (C=O) groups excluding carboxylic acids is 2. The Balaban J connectivity index is 1.81. The maximum absolute atomic E-state index is 13.3. The monoisotopic (exact) mass is 462 g/mol. The Kier molecular flexibility index (Phi) is 6.34. The van der Waals surface area contributed by atoms with E-state index in [0.29, 0.717) is 4.68 Å². The molecule has 3 rings (SSSR count). The first-order valence-corrected chi connectivity index (χ1v) is 8.98. The molecule has 0 radical (unpaired) electrons. The lowest BCUT2D eigenvalue weighted by Gasteiger charge is -2.05. The second-order valence-corrected chi connectivity index (χ2v) is 6.59. The van der Waals surface area contributed by atoms with Gasteiger partial charge in [0.1, 0.15) is 17.1 Å². The van der Waals surface area contributed by atoms with Gasteiger partial charge in [-0.25, -0.2) is 17.6 Å². The second kappa shape index (κ2) is 8.79. The lowest BCUT2D eigenvalue weighted by Crippen LogP contribution is -2.21. The van der Waals surface area contributed by atoms with Crippen LogP contribution in [0.4, 0.5) is 23.2 Å². The smallest absolute Gasteiger partial charge is 0.291 e. The topological polar surface area (TPSA) is 107 Å². The quantitative estimate of drug-likeness (QED) is 0.523. The Hall–Kier alpha value is -3.35. The average molecular weight is 463 g/mol. The number of nitrogens with one attached hydrogen (secondary N) is 2. The van der Waals surface area contributed by atoms with Crippen LogP contribution >= 0.6 is 11.6 Å². The first-order valence-electron chi connectivity index (χ1n) is 8.60. The second-order valence-electron chi connectivity index (χ2n) is 6.21. The van der Waals surface area contributed by atoms with Crippen molar-refractivity contribution in [3.8, 4) is 0 Å². The van der Waals surface area contributed by atoms with Gasteiger partial charge in [-0.15, -0.1) is 0 Å². The third-order valence-corrected chi connectivity index (χ3v) is 4.47. The predicted molar refractivity (Wildman–Crippen MR) is 99.5 cm³/mol. The normalized spacial score (nSPS) is 11.4. The number of hydrogen-bond acceptors (Lipinski definition) is 5. The lowest BCUT2D eigenvalue weighted by molar-refractivity contribution is 0.0958. The van der Waals surface area contributed by atoms with Gasteiger partial charge in [0.25, 0.3) is 24.7 Å². The van der Waals surface area contributed by atoms with Crippen molar-refractivity contribution in [1.82, 2.24) is 24.9 Å². The highest BCUT2D eigenvalue weighted by molar-refractivity contribution is 6.32. The molecule has 0 aliphatic heterocycles. The number of anilines is 1. The molecule has 31 heavy (non-hydrogen) atoms. The minimum absolute atomic E-state index is 0.00950. The Bertz CT molecular complexity index is 1120. The molecule has 166 valence electrons. The van der Waals surface area contributed by atoms with Crippen LogP contribution in [-0.4, -0.2) is 38.4 Å². The summed E-state index contributed by atoms with van der Waals surface area (Å²) in [6.45, 7) is -0.463. The Morgan fingerprint density at radius 1 is 1.16 bits per heavy atom. The molecule has 0 aliphatic carbocycles. The van der Waals surface area contributed by atoms with Crippen LogP contribution in [0.25, 0.3) is 0 Å². The van der Waals surface area contributed by atoms with Crippen LogP contribution in [0.5, 0.6) is 0 Å². The van der Waals surface area contributed by atoms with Crippen LogP contribution < -0.4 is 10.6 Å². The molecular formula is C17H15ClF4N6O3. The van der Waals surface area contributed by atoms with Crippen LogP contribution in [0.1, 0.15) is 51.0 Å². The zero-order valence-corrected chi connectivity index (χ0v) is 16.8. The summed E-state index contributed by atoms with van der Waals surface area (Å²) in [6, 6.07) is 2.55. The predicted octanol–water partition coefficient (Wildman–Crippen LogP) is 3.40. The van der Waals surface area contributed by atoms with E-state index in [9.17, 15) is 27.2 Å². The molecule has 3 heterocycles. The highest BCUT2D eigenvalue weighted by atomic mass is 35.5. The fraction of sp³-hybridized carbons (Fsp3) is 0.294. The Morgan fingerprint density at radius 2 is 1.87 bits per heavy atom. The van der Waals surface area contributed by atoms with E-state index in [1.54, 1.807) is 7.05 Å². The molecule has 0 atom stereocenters. The van der Waals surface area contributed by atoms with Crippen molar-refractivity contribution in [2.75, 3.05) is 12.4 Å². The van der Waals surface area contributed by atoms with Gasteiger partial charge in [-0.05, 0) is 12.1 Å². The van der Waals surface area contributed by atoms with Gasteiger partial charge in [-0.1, -0.05) is 11.6 Å². The van der Waals surface area contributed by atoms with Crippen LogP contribution in [0, 0.1) is 0 Å². The number of nitrogens with zero attached hydrogens (tertiary/aromatic N) is 4. The minimum atomic E-state index is -3.15. The molecule has 0 saturated heterocycles. The van der Waals surface area contributed by atoms with Gasteiger partial charge in [0.05, 0.1) is 17.3 Å². The number of alkyl halides is 4. The molecule has 0 spiro atoms. The van der Waals surface area contributed by atoms with Gasteiger partial charge in [-0.3, -0.25) is 19.0 Å². The molecule has 0 aromatic carbocycles. The molecule has 0 unspecified atom stereocenters. The van der Waals surface area contributed by atoms with Gasteiger partial charge in [-0.2, -0.15) is 10.2 Å². The van der Waals surface area contributed by atoms with E-state index in [-0.39, 0.29) is 22.9 Å². The van der Waals surface area contributed by atoms with E-state index in [1.165, 1.54) is 30.1 Å². The SMILES string of the molecule is CNC(=O)c1nn(C)cc1NC(=O)c1ccc(Cn2nc(C(F)F)c(Cl)c2C(F)F)o1. The van der Waals surface area contributed by atoms with Crippen LogP contribution in [-0.2, 0) is 13.6 Å². The third-order valence-electron chi connectivity index (χ3n) is 4.08. The molecule has 0 saturated carbocycles. The molecule has 9 nitrogen and oxygen atoms in total. The number of amides is 2. The zero-order valence-electron chi connectivity index (χ0n) is 16.0. The van der Waals surface area contributed by atoms with Crippen molar-refractivity contribution >= 4 is 29.1 Å². The fourth-order valence-electron chi connectivity index (χ4n) is 2.72. The summed E-state index contributed by atoms with van der Waals surface area (Å²) in [5.41, 5.74) is -1.77. The molecule has 2 N–H and O–H groups in total. The standard InChI is InChI=1S/C17H15ClF4N6O3/c1-23-17(30)11-8(6-27(2)25-11)24-16(29)9-4-3-7(31-9)5-28-13(15(21)22)10(18)12(26-28)14(19)20/h3-4,6,14-15H,5H2,1-2H3,(H,23,30)(H,24,29). The number of carbonyl (C=O) groups is 2. The van der Waals surface area contributed by atoms with E-state index >= 15 is 0 Å². The summed E-state index contributed by atoms with van der Waals surface area (Å²) in [7, 11) is 2.95. The maximum atomic E-state index is 13.3. The summed E-state index contributed by atoms with van der Waals surface area (Å²) >= 11 is 5.61. The van der Waals surface area contributed by atoms with Crippen molar-refractivity contribution in [2.45, 2.75) is 19.4 Å². The number of furan rings is 1. The van der Waals surface area contributed by atoms with E-state index in [2.05, 4.69) is 20.8 Å². The molecule has 0 fully saturated rings. The van der Waals surface area contributed by atoms with Crippen LogP contribution in [0.3, 0.4) is 0 Å². The first kappa shape index (κ1) is 22.3. The molecule has 3 aromatic heterocycles. The Morgan fingerprint density at radius 3 is 2.48 bits per heavy atom. The zero-order chi connectivity index (χ0) is 22.9. The highest BCUT2D eigenvalue weighted by Gasteiger charge is 2.28. The summed E-state index contributed by atoms with van der Waals surface area (Å²) in [5.74, 6) is -1.50. The molecule has 0 bridgehead atoms. The van der Waals surface area contributed by atoms with Gasteiger partial charge in [0.15, 0.2) is 11.5 Å². The molecule has 14 heteroatoms. The number of halogens is 5. The van der Waals surface area contributed by atoms with Gasteiger partial charge < -0.3 is 15.1 Å². The first-order chi connectivity index (χ1) is 14.6. The summed E-state index contributed by atoms with van der Waals surface area (Å²) in [6.07, 6.45) is -4.89. The molecule has 3 aromatic rings. The Labute approximate surface area is 176 Å². The van der Waals surface area contributed by atoms with E-state index < -0.39 is 47.6 Å². The van der Waals surface area contributed by atoms with Crippen molar-refractivity contribution in [3.63, 3.8) is 0 Å². The van der Waals surface area contributed by atoms with E-state index in [0.717, 1.165) is 0 Å². The summed E-state index contributed by atoms with van der Waals surface area (Å²) < 4.78 is 59.6. The van der Waals surface area contributed by atoms with Gasteiger partial charge in [0, 0.05) is 20.3 Å². The molecule has 0 aliphatic rings. The largest absolute Gasteiger partial charge is 0.454 e. The van der Waals surface area contributed by atoms with Gasteiger partial charge in [0.2, 0.25) is 0 Å². The number of aromatic nitrogens is 4. The van der Waals surface area contributed by atoms with Crippen molar-refractivity contribution < 1.29 is 31.6 Å². The maximum Gasteiger partial charge on any atom is 0.291 e. The molecule has 2 amide bonds. The lowest BCUT2D eigenvalue weighted by atomic mass is 10.3. The molecular weight excluding hydrogens is 448 g/mol. The number of hydrogen-bond donors (Lipinski definition) is 2. The number of aryl methyl sites for hydroxylation is 1. The van der Waals surface area contributed by atoms with Crippen molar-refractivity contribution in [3.05, 3.63) is 52.0 Å². The van der Waals surface area contributed by atoms with Gasteiger partial charge >= 0.3 is 0 Å². The van der Waals surface area contributed by atoms with Crippen molar-refractivity contribution in [1.29, 1.82) is 0 Å². The minimum Gasteiger partial charge on any atom is -0.454 e. The summed E-state index contributed by atoms with van der Waals surface area (Å²) in [5, 5.41) is 11.4. The average Bonchev–Trinajstić information content (AvgIpc) is 3.39. The third kappa shape index (κ3) is 4.55.